The summed E-state index contributed by atoms with van der Waals surface area (Å²) in [7, 11) is 0. The first-order valence-corrected chi connectivity index (χ1v) is 7.52. The van der Waals surface area contributed by atoms with E-state index < -0.39 is 0 Å². The number of hydrogen-bond donors (Lipinski definition) is 0. The number of carbonyl (C=O) groups is 1. The second kappa shape index (κ2) is 6.91. The Bertz CT molecular complexity index is 626. The average Bonchev–Trinajstić information content (AvgIpc) is 2.47. The van der Waals surface area contributed by atoms with Gasteiger partial charge in [0.15, 0.2) is 5.78 Å². The Balaban J connectivity index is 2.35. The molecule has 0 heterocycles. The van der Waals surface area contributed by atoms with Crippen LogP contribution in [0.5, 0.6) is 5.75 Å². The van der Waals surface area contributed by atoms with Gasteiger partial charge in [-0.3, -0.25) is 4.79 Å². The summed E-state index contributed by atoms with van der Waals surface area (Å²) in [6.07, 6.45) is 0.895. The van der Waals surface area contributed by atoms with Crippen molar-refractivity contribution in [3.8, 4) is 5.75 Å². The minimum absolute atomic E-state index is 0.0916. The van der Waals surface area contributed by atoms with Crippen LogP contribution in [0.2, 0.25) is 5.02 Å². The monoisotopic (exact) mass is 352 g/mol. The van der Waals surface area contributed by atoms with Crippen molar-refractivity contribution >= 4 is 33.3 Å². The Morgan fingerprint density at radius 3 is 2.70 bits per heavy atom. The molecule has 2 rings (SSSR count). The lowest BCUT2D eigenvalue weighted by Gasteiger charge is -2.10. The minimum Gasteiger partial charge on any atom is -0.493 e. The van der Waals surface area contributed by atoms with Crippen molar-refractivity contribution in [2.75, 3.05) is 6.61 Å². The van der Waals surface area contributed by atoms with E-state index in [1.54, 1.807) is 24.3 Å². The summed E-state index contributed by atoms with van der Waals surface area (Å²) in [5.41, 5.74) is 1.10. The average molecular weight is 354 g/mol. The number of para-hydroxylation sites is 1. The van der Waals surface area contributed by atoms with Crippen molar-refractivity contribution in [1.29, 1.82) is 0 Å². The third-order valence-corrected chi connectivity index (χ3v) is 4.01. The predicted molar refractivity (Wildman–Crippen MR) is 84.8 cm³/mol. The van der Waals surface area contributed by atoms with Crippen molar-refractivity contribution in [1.82, 2.24) is 0 Å². The molecular formula is C16H14BrClO2. The van der Waals surface area contributed by atoms with Gasteiger partial charge < -0.3 is 4.74 Å². The molecule has 0 unspecified atom stereocenters. The molecule has 0 aliphatic rings. The molecule has 0 fully saturated rings. The number of benzene rings is 2. The maximum atomic E-state index is 12.5. The molecule has 0 amide bonds. The molecule has 2 nitrogen and oxygen atoms in total. The van der Waals surface area contributed by atoms with Crippen LogP contribution in [0.1, 0.15) is 29.3 Å². The minimum atomic E-state index is -0.0916. The van der Waals surface area contributed by atoms with Crippen LogP contribution in [-0.2, 0) is 0 Å². The second-order valence-electron chi connectivity index (χ2n) is 4.30. The molecular weight excluding hydrogens is 340 g/mol. The van der Waals surface area contributed by atoms with Crippen molar-refractivity contribution in [2.24, 2.45) is 0 Å². The molecule has 0 aromatic heterocycles. The zero-order valence-corrected chi connectivity index (χ0v) is 13.4. The molecule has 0 atom stereocenters. The normalized spacial score (nSPS) is 10.3. The fraction of sp³-hybridized carbons (Fsp3) is 0.188. The van der Waals surface area contributed by atoms with Gasteiger partial charge in [-0.05, 0) is 52.7 Å². The van der Waals surface area contributed by atoms with E-state index in [0.29, 0.717) is 28.5 Å². The Kier molecular flexibility index (Phi) is 5.21. The van der Waals surface area contributed by atoms with Gasteiger partial charge in [0.2, 0.25) is 0 Å². The number of hydrogen-bond acceptors (Lipinski definition) is 2. The van der Waals surface area contributed by atoms with Crippen molar-refractivity contribution in [3.63, 3.8) is 0 Å². The van der Waals surface area contributed by atoms with E-state index in [9.17, 15) is 4.79 Å². The molecule has 0 saturated carbocycles. The van der Waals surface area contributed by atoms with Crippen LogP contribution in [0.3, 0.4) is 0 Å². The standard InChI is InChI=1S/C16H14BrClO2/c1-2-9-20-15-6-4-3-5-12(15)16(19)11-7-8-13(17)14(18)10-11/h3-8,10H,2,9H2,1H3. The van der Waals surface area contributed by atoms with Crippen LogP contribution >= 0.6 is 27.5 Å². The lowest BCUT2D eigenvalue weighted by atomic mass is 10.0. The zero-order valence-electron chi connectivity index (χ0n) is 11.0. The zero-order chi connectivity index (χ0) is 14.5. The summed E-state index contributed by atoms with van der Waals surface area (Å²) in [5.74, 6) is 0.518. The summed E-state index contributed by atoms with van der Waals surface area (Å²) in [6, 6.07) is 12.4. The van der Waals surface area contributed by atoms with E-state index in [1.165, 1.54) is 0 Å². The van der Waals surface area contributed by atoms with Crippen LogP contribution in [0.15, 0.2) is 46.9 Å². The van der Waals surface area contributed by atoms with Crippen molar-refractivity contribution in [3.05, 3.63) is 63.1 Å². The van der Waals surface area contributed by atoms with E-state index in [4.69, 9.17) is 16.3 Å². The van der Waals surface area contributed by atoms with Gasteiger partial charge in [0, 0.05) is 10.0 Å². The van der Waals surface area contributed by atoms with Gasteiger partial charge in [-0.25, -0.2) is 0 Å². The highest BCUT2D eigenvalue weighted by molar-refractivity contribution is 9.10. The molecule has 0 aliphatic carbocycles. The Labute approximate surface area is 131 Å². The Morgan fingerprint density at radius 2 is 2.00 bits per heavy atom. The van der Waals surface area contributed by atoms with Crippen molar-refractivity contribution in [2.45, 2.75) is 13.3 Å². The van der Waals surface area contributed by atoms with Gasteiger partial charge in [0.05, 0.1) is 17.2 Å². The summed E-state index contributed by atoms with van der Waals surface area (Å²) < 4.78 is 6.39. The van der Waals surface area contributed by atoms with Gasteiger partial charge in [-0.2, -0.15) is 0 Å². The number of carbonyl (C=O) groups excluding carboxylic acids is 1. The number of rotatable bonds is 5. The number of halogens is 2. The van der Waals surface area contributed by atoms with Crippen molar-refractivity contribution < 1.29 is 9.53 Å². The molecule has 0 saturated heterocycles. The van der Waals surface area contributed by atoms with Crippen LogP contribution in [0, 0.1) is 0 Å². The molecule has 0 bridgehead atoms. The second-order valence-corrected chi connectivity index (χ2v) is 5.56. The fourth-order valence-electron chi connectivity index (χ4n) is 1.78. The van der Waals surface area contributed by atoms with Gasteiger partial charge in [-0.15, -0.1) is 0 Å². The van der Waals surface area contributed by atoms with Crippen LogP contribution in [0.25, 0.3) is 0 Å². The smallest absolute Gasteiger partial charge is 0.196 e. The third-order valence-electron chi connectivity index (χ3n) is 2.78. The molecule has 2 aromatic rings. The molecule has 2 aromatic carbocycles. The lowest BCUT2D eigenvalue weighted by Crippen LogP contribution is -2.06. The van der Waals surface area contributed by atoms with Gasteiger partial charge in [0.1, 0.15) is 5.75 Å². The van der Waals surface area contributed by atoms with Crippen LogP contribution < -0.4 is 4.74 Å². The molecule has 0 radical (unpaired) electrons. The van der Waals surface area contributed by atoms with Crippen LogP contribution in [0.4, 0.5) is 0 Å². The largest absolute Gasteiger partial charge is 0.493 e. The Hall–Kier alpha value is -1.32. The number of ketones is 1. The molecule has 0 N–H and O–H groups in total. The van der Waals surface area contributed by atoms with E-state index >= 15 is 0 Å². The van der Waals surface area contributed by atoms with Gasteiger partial charge in [0.25, 0.3) is 0 Å². The fourth-order valence-corrected chi connectivity index (χ4v) is 2.21. The van der Waals surface area contributed by atoms with E-state index in [0.717, 1.165) is 10.9 Å². The quantitative estimate of drug-likeness (QED) is 0.697. The first-order chi connectivity index (χ1) is 9.63. The topological polar surface area (TPSA) is 26.3 Å². The highest BCUT2D eigenvalue weighted by Gasteiger charge is 2.15. The van der Waals surface area contributed by atoms with E-state index in [1.807, 2.05) is 25.1 Å². The highest BCUT2D eigenvalue weighted by Crippen LogP contribution is 2.27. The predicted octanol–water partition coefficient (Wildman–Crippen LogP) is 5.12. The molecule has 0 spiro atoms. The Morgan fingerprint density at radius 1 is 1.25 bits per heavy atom. The summed E-state index contributed by atoms with van der Waals surface area (Å²) in [6.45, 7) is 2.62. The SMILES string of the molecule is CCCOc1ccccc1C(=O)c1ccc(Br)c(Cl)c1. The molecule has 0 aliphatic heterocycles. The maximum Gasteiger partial charge on any atom is 0.196 e. The van der Waals surface area contributed by atoms with E-state index in [2.05, 4.69) is 15.9 Å². The maximum absolute atomic E-state index is 12.5. The summed E-state index contributed by atoms with van der Waals surface area (Å²) in [4.78, 5) is 12.5. The molecule has 20 heavy (non-hydrogen) atoms. The van der Waals surface area contributed by atoms with Gasteiger partial charge in [-0.1, -0.05) is 30.7 Å². The molecule has 4 heteroatoms. The molecule has 104 valence electrons. The van der Waals surface area contributed by atoms with Crippen LogP contribution in [-0.4, -0.2) is 12.4 Å². The first kappa shape index (κ1) is 15.1. The highest BCUT2D eigenvalue weighted by atomic mass is 79.9. The third kappa shape index (κ3) is 3.41. The van der Waals surface area contributed by atoms with E-state index in [-0.39, 0.29) is 5.78 Å². The summed E-state index contributed by atoms with van der Waals surface area (Å²) >= 11 is 9.35. The summed E-state index contributed by atoms with van der Waals surface area (Å²) in [5, 5.41) is 0.516. The lowest BCUT2D eigenvalue weighted by molar-refractivity contribution is 0.103. The van der Waals surface area contributed by atoms with Gasteiger partial charge >= 0.3 is 0 Å². The number of ether oxygens (including phenoxy) is 1. The first-order valence-electron chi connectivity index (χ1n) is 6.35.